The number of ether oxygens (including phenoxy) is 2. The van der Waals surface area contributed by atoms with Crippen LogP contribution in [0.1, 0.15) is 30.5 Å². The molecular formula is C13H17ClF3NO3. The van der Waals surface area contributed by atoms with Gasteiger partial charge in [-0.15, -0.1) is 12.4 Å². The van der Waals surface area contributed by atoms with E-state index in [2.05, 4.69) is 4.74 Å². The lowest BCUT2D eigenvalue weighted by Crippen LogP contribution is -2.21. The molecule has 0 aliphatic heterocycles. The van der Waals surface area contributed by atoms with E-state index < -0.39 is 23.8 Å². The van der Waals surface area contributed by atoms with E-state index in [0.29, 0.717) is 0 Å². The summed E-state index contributed by atoms with van der Waals surface area (Å²) >= 11 is 0. The van der Waals surface area contributed by atoms with Crippen molar-refractivity contribution in [3.05, 3.63) is 29.3 Å². The number of hydrogen-bond donors (Lipinski definition) is 1. The van der Waals surface area contributed by atoms with Crippen LogP contribution < -0.4 is 10.5 Å². The fraction of sp³-hybridized carbons (Fsp3) is 0.462. The average molecular weight is 328 g/mol. The van der Waals surface area contributed by atoms with Gasteiger partial charge < -0.3 is 15.2 Å². The number of esters is 1. The highest BCUT2D eigenvalue weighted by Crippen LogP contribution is 2.37. The minimum Gasteiger partial charge on any atom is -0.497 e. The summed E-state index contributed by atoms with van der Waals surface area (Å²) in [4.78, 5) is 11.3. The number of alkyl halides is 3. The van der Waals surface area contributed by atoms with Crippen molar-refractivity contribution in [3.8, 4) is 5.75 Å². The molecule has 1 aromatic carbocycles. The Kier molecular flexibility index (Phi) is 7.52. The van der Waals surface area contributed by atoms with Crippen LogP contribution in [0, 0.1) is 0 Å². The minimum atomic E-state index is -4.57. The standard InChI is InChI=1S/C13H16F3NO3.ClH/c1-3-20-12(18)7-11(17)9-5-4-8(19-2)6-10(9)13(14,15)16;/h4-6,11H,3,7,17H2,1-2H3;1H/t11-;/m1./s1. The van der Waals surface area contributed by atoms with Gasteiger partial charge >= 0.3 is 12.1 Å². The zero-order valence-corrected chi connectivity index (χ0v) is 12.4. The maximum Gasteiger partial charge on any atom is 0.416 e. The second-order valence-corrected chi connectivity index (χ2v) is 4.07. The van der Waals surface area contributed by atoms with Gasteiger partial charge in [-0.25, -0.2) is 0 Å². The molecule has 120 valence electrons. The Balaban J connectivity index is 0.00000400. The van der Waals surface area contributed by atoms with Crippen LogP contribution in [0.2, 0.25) is 0 Å². The van der Waals surface area contributed by atoms with Crippen molar-refractivity contribution in [3.63, 3.8) is 0 Å². The Morgan fingerprint density at radius 1 is 1.38 bits per heavy atom. The van der Waals surface area contributed by atoms with E-state index in [-0.39, 0.29) is 36.7 Å². The van der Waals surface area contributed by atoms with Crippen LogP contribution in [0.3, 0.4) is 0 Å². The van der Waals surface area contributed by atoms with Crippen molar-refractivity contribution < 1.29 is 27.4 Å². The summed E-state index contributed by atoms with van der Waals surface area (Å²) < 4.78 is 48.4. The first-order valence-electron chi connectivity index (χ1n) is 5.96. The van der Waals surface area contributed by atoms with Crippen LogP contribution in [0.15, 0.2) is 18.2 Å². The number of carbonyl (C=O) groups excluding carboxylic acids is 1. The monoisotopic (exact) mass is 327 g/mol. The lowest BCUT2D eigenvalue weighted by Gasteiger charge is -2.18. The summed E-state index contributed by atoms with van der Waals surface area (Å²) in [5.74, 6) is -0.562. The van der Waals surface area contributed by atoms with Crippen LogP contribution >= 0.6 is 12.4 Å². The van der Waals surface area contributed by atoms with E-state index in [1.165, 1.54) is 19.2 Å². The fourth-order valence-electron chi connectivity index (χ4n) is 1.74. The van der Waals surface area contributed by atoms with Gasteiger partial charge in [-0.3, -0.25) is 4.79 Å². The van der Waals surface area contributed by atoms with Crippen molar-refractivity contribution >= 4 is 18.4 Å². The number of carbonyl (C=O) groups is 1. The molecule has 4 nitrogen and oxygen atoms in total. The Morgan fingerprint density at radius 3 is 2.48 bits per heavy atom. The molecule has 0 saturated carbocycles. The smallest absolute Gasteiger partial charge is 0.416 e. The topological polar surface area (TPSA) is 61.5 Å². The molecule has 0 unspecified atom stereocenters. The van der Waals surface area contributed by atoms with E-state index in [1.54, 1.807) is 6.92 Å². The summed E-state index contributed by atoms with van der Waals surface area (Å²) in [6.45, 7) is 1.76. The van der Waals surface area contributed by atoms with Crippen molar-refractivity contribution in [2.24, 2.45) is 5.73 Å². The van der Waals surface area contributed by atoms with E-state index >= 15 is 0 Å². The summed E-state index contributed by atoms with van der Waals surface area (Å²) in [6.07, 6.45) is -4.89. The first-order chi connectivity index (χ1) is 9.29. The fourth-order valence-corrected chi connectivity index (χ4v) is 1.74. The minimum absolute atomic E-state index is 0. The molecule has 8 heteroatoms. The normalized spacial score (nSPS) is 12.3. The number of rotatable bonds is 5. The first kappa shape index (κ1) is 19.5. The summed E-state index contributed by atoms with van der Waals surface area (Å²) in [6, 6.07) is 2.36. The molecule has 0 amide bonds. The number of benzene rings is 1. The predicted molar refractivity (Wildman–Crippen MR) is 73.4 cm³/mol. The van der Waals surface area contributed by atoms with Gasteiger partial charge in [0, 0.05) is 6.04 Å². The third-order valence-corrected chi connectivity index (χ3v) is 2.66. The zero-order chi connectivity index (χ0) is 15.3. The van der Waals surface area contributed by atoms with Gasteiger partial charge in [-0.05, 0) is 24.6 Å². The summed E-state index contributed by atoms with van der Waals surface area (Å²) in [7, 11) is 1.27. The Bertz CT molecular complexity index is 480. The molecular weight excluding hydrogens is 311 g/mol. The molecule has 2 N–H and O–H groups in total. The third kappa shape index (κ3) is 5.43. The number of nitrogens with two attached hydrogens (primary N) is 1. The largest absolute Gasteiger partial charge is 0.497 e. The molecule has 0 fully saturated rings. The van der Waals surface area contributed by atoms with Crippen molar-refractivity contribution in [2.75, 3.05) is 13.7 Å². The molecule has 21 heavy (non-hydrogen) atoms. The number of halogens is 4. The van der Waals surface area contributed by atoms with E-state index in [1.807, 2.05) is 0 Å². The SMILES string of the molecule is CCOC(=O)C[C@@H](N)c1ccc(OC)cc1C(F)(F)F.Cl. The highest BCUT2D eigenvalue weighted by atomic mass is 35.5. The molecule has 1 aromatic rings. The lowest BCUT2D eigenvalue weighted by molar-refractivity contribution is -0.144. The quantitative estimate of drug-likeness (QED) is 0.844. The highest BCUT2D eigenvalue weighted by Gasteiger charge is 2.35. The van der Waals surface area contributed by atoms with Crippen molar-refractivity contribution in [2.45, 2.75) is 25.6 Å². The third-order valence-electron chi connectivity index (χ3n) is 2.66. The van der Waals surface area contributed by atoms with Crippen LogP contribution in [0.4, 0.5) is 13.2 Å². The van der Waals surface area contributed by atoms with Crippen LogP contribution in [0.25, 0.3) is 0 Å². The van der Waals surface area contributed by atoms with Crippen LogP contribution in [0.5, 0.6) is 5.75 Å². The van der Waals surface area contributed by atoms with Gasteiger partial charge in [0.25, 0.3) is 0 Å². The van der Waals surface area contributed by atoms with Gasteiger partial charge in [0.2, 0.25) is 0 Å². The Labute approximate surface area is 126 Å². The average Bonchev–Trinajstić information content (AvgIpc) is 2.37. The van der Waals surface area contributed by atoms with Crippen LogP contribution in [-0.4, -0.2) is 19.7 Å². The number of hydrogen-bond acceptors (Lipinski definition) is 4. The molecule has 0 saturated heterocycles. The Hall–Kier alpha value is -1.47. The molecule has 0 radical (unpaired) electrons. The van der Waals surface area contributed by atoms with Gasteiger partial charge in [-0.1, -0.05) is 6.07 Å². The first-order valence-corrected chi connectivity index (χ1v) is 5.96. The molecule has 1 atom stereocenters. The number of methoxy groups -OCH3 is 1. The van der Waals surface area contributed by atoms with Crippen molar-refractivity contribution in [1.82, 2.24) is 0 Å². The summed E-state index contributed by atoms with van der Waals surface area (Å²) in [5.41, 5.74) is 4.60. The molecule has 0 bridgehead atoms. The van der Waals surface area contributed by atoms with E-state index in [4.69, 9.17) is 10.5 Å². The molecule has 0 spiro atoms. The molecule has 1 rings (SSSR count). The molecule has 0 aliphatic rings. The Morgan fingerprint density at radius 2 is 2.00 bits per heavy atom. The van der Waals surface area contributed by atoms with Gasteiger partial charge in [0.15, 0.2) is 0 Å². The molecule has 0 heterocycles. The zero-order valence-electron chi connectivity index (χ0n) is 11.6. The predicted octanol–water partition coefficient (Wildman–Crippen LogP) is 3.09. The maximum atomic E-state index is 13.0. The second kappa shape index (κ2) is 8.09. The van der Waals surface area contributed by atoms with Gasteiger partial charge in [0.05, 0.1) is 25.7 Å². The molecule has 0 aromatic heterocycles. The maximum absolute atomic E-state index is 13.0. The van der Waals surface area contributed by atoms with Crippen LogP contribution in [-0.2, 0) is 15.7 Å². The van der Waals surface area contributed by atoms with E-state index in [9.17, 15) is 18.0 Å². The van der Waals surface area contributed by atoms with Gasteiger partial charge in [0.1, 0.15) is 5.75 Å². The molecule has 0 aliphatic carbocycles. The van der Waals surface area contributed by atoms with Gasteiger partial charge in [-0.2, -0.15) is 13.2 Å². The lowest BCUT2D eigenvalue weighted by atomic mass is 9.98. The second-order valence-electron chi connectivity index (χ2n) is 4.07. The van der Waals surface area contributed by atoms with E-state index in [0.717, 1.165) is 6.07 Å². The van der Waals surface area contributed by atoms with Crippen molar-refractivity contribution in [1.29, 1.82) is 0 Å². The highest BCUT2D eigenvalue weighted by molar-refractivity contribution is 5.85. The summed E-state index contributed by atoms with van der Waals surface area (Å²) in [5, 5.41) is 0.